The predicted octanol–water partition coefficient (Wildman–Crippen LogP) is 0.862. The van der Waals surface area contributed by atoms with Crippen molar-refractivity contribution in [1.82, 2.24) is 0 Å². The van der Waals surface area contributed by atoms with E-state index in [9.17, 15) is 4.39 Å². The molecule has 102 valence electrons. The van der Waals surface area contributed by atoms with E-state index in [1.807, 2.05) is 0 Å². The van der Waals surface area contributed by atoms with Gasteiger partial charge < -0.3 is 25.2 Å². The number of nitrogen functional groups attached to an aromatic ring is 1. The highest BCUT2D eigenvalue weighted by molar-refractivity contribution is 5.63. The predicted molar refractivity (Wildman–Crippen MR) is 68.5 cm³/mol. The average Bonchev–Trinajstić information content (AvgIpc) is 2.35. The third kappa shape index (κ3) is 3.48. The quantitative estimate of drug-likeness (QED) is 0.710. The first kappa shape index (κ1) is 14.5. The van der Waals surface area contributed by atoms with Crippen LogP contribution in [-0.2, 0) is 4.74 Å². The number of nitrogens with zero attached hydrogens (tertiary/aromatic N) is 1. The van der Waals surface area contributed by atoms with Crippen LogP contribution in [0, 0.1) is 5.82 Å². The highest BCUT2D eigenvalue weighted by Gasteiger charge is 2.14. The summed E-state index contributed by atoms with van der Waals surface area (Å²) in [7, 11) is 3.04. The van der Waals surface area contributed by atoms with Crippen molar-refractivity contribution in [1.29, 1.82) is 0 Å². The van der Waals surface area contributed by atoms with Gasteiger partial charge in [0.05, 0.1) is 31.7 Å². The molecule has 6 heteroatoms. The molecule has 0 amide bonds. The number of hydrogen-bond acceptors (Lipinski definition) is 5. The zero-order valence-electron chi connectivity index (χ0n) is 10.6. The van der Waals surface area contributed by atoms with Crippen molar-refractivity contribution in [3.8, 4) is 5.75 Å². The molecular formula is C12H19FN2O3. The van der Waals surface area contributed by atoms with Gasteiger partial charge in [0.25, 0.3) is 0 Å². The molecular weight excluding hydrogens is 239 g/mol. The van der Waals surface area contributed by atoms with Crippen molar-refractivity contribution >= 4 is 11.4 Å². The Morgan fingerprint density at radius 1 is 1.33 bits per heavy atom. The lowest BCUT2D eigenvalue weighted by molar-refractivity contribution is 0.202. The first-order valence-electron chi connectivity index (χ1n) is 5.61. The molecule has 0 spiro atoms. The smallest absolute Gasteiger partial charge is 0.148 e. The maximum absolute atomic E-state index is 13.9. The number of benzene rings is 1. The second kappa shape index (κ2) is 7.03. The molecule has 3 N–H and O–H groups in total. The second-order valence-electron chi connectivity index (χ2n) is 3.75. The van der Waals surface area contributed by atoms with E-state index in [0.29, 0.717) is 31.1 Å². The molecule has 0 bridgehead atoms. The van der Waals surface area contributed by atoms with Gasteiger partial charge >= 0.3 is 0 Å². The molecule has 0 fully saturated rings. The van der Waals surface area contributed by atoms with Crippen molar-refractivity contribution in [2.24, 2.45) is 0 Å². The third-order valence-electron chi connectivity index (χ3n) is 2.58. The van der Waals surface area contributed by atoms with Crippen molar-refractivity contribution in [2.45, 2.75) is 0 Å². The van der Waals surface area contributed by atoms with Gasteiger partial charge in [0.1, 0.15) is 11.6 Å². The van der Waals surface area contributed by atoms with Crippen molar-refractivity contribution < 1.29 is 19.0 Å². The summed E-state index contributed by atoms with van der Waals surface area (Å²) < 4.78 is 23.9. The monoisotopic (exact) mass is 258 g/mol. The molecule has 0 saturated carbocycles. The number of aliphatic hydroxyl groups is 1. The van der Waals surface area contributed by atoms with Crippen LogP contribution in [0.1, 0.15) is 0 Å². The van der Waals surface area contributed by atoms with Crippen LogP contribution in [0.5, 0.6) is 5.75 Å². The van der Waals surface area contributed by atoms with Crippen LogP contribution < -0.4 is 15.4 Å². The minimum atomic E-state index is -0.446. The first-order chi connectivity index (χ1) is 8.63. The summed E-state index contributed by atoms with van der Waals surface area (Å²) in [5.41, 5.74) is 6.20. The highest BCUT2D eigenvalue weighted by atomic mass is 19.1. The van der Waals surface area contributed by atoms with E-state index in [2.05, 4.69) is 0 Å². The van der Waals surface area contributed by atoms with Gasteiger partial charge in [-0.05, 0) is 0 Å². The van der Waals surface area contributed by atoms with E-state index >= 15 is 0 Å². The standard InChI is InChI=1S/C12H19FN2O3/c1-17-6-4-15(3-5-16)11-8-12(18-2)10(14)7-9(11)13/h7-8,16H,3-6,14H2,1-2H3. The molecule has 0 aliphatic heterocycles. The zero-order chi connectivity index (χ0) is 13.5. The molecule has 1 aromatic carbocycles. The summed E-state index contributed by atoms with van der Waals surface area (Å²) in [6.07, 6.45) is 0. The third-order valence-corrected chi connectivity index (χ3v) is 2.58. The van der Waals surface area contributed by atoms with Crippen LogP contribution >= 0.6 is 0 Å². The Balaban J connectivity index is 3.02. The van der Waals surface area contributed by atoms with Gasteiger partial charge in [-0.3, -0.25) is 0 Å². The summed E-state index contributed by atoms with van der Waals surface area (Å²) in [5.74, 6) is -0.0374. The molecule has 1 aromatic rings. The van der Waals surface area contributed by atoms with Crippen LogP contribution in [0.15, 0.2) is 12.1 Å². The zero-order valence-corrected chi connectivity index (χ0v) is 10.6. The number of anilines is 2. The van der Waals surface area contributed by atoms with Crippen molar-refractivity contribution in [2.75, 3.05) is 51.2 Å². The molecule has 0 heterocycles. The van der Waals surface area contributed by atoms with E-state index in [1.54, 1.807) is 12.0 Å². The normalized spacial score (nSPS) is 10.4. The summed E-state index contributed by atoms with van der Waals surface area (Å²) in [6.45, 7) is 1.15. The number of ether oxygens (including phenoxy) is 2. The number of aliphatic hydroxyl groups excluding tert-OH is 1. The minimum absolute atomic E-state index is 0.0736. The maximum Gasteiger partial charge on any atom is 0.148 e. The molecule has 0 aliphatic rings. The van der Waals surface area contributed by atoms with Crippen molar-refractivity contribution in [3.63, 3.8) is 0 Å². The van der Waals surface area contributed by atoms with Crippen LogP contribution in [0.3, 0.4) is 0 Å². The Morgan fingerprint density at radius 2 is 2.06 bits per heavy atom. The Bertz CT molecular complexity index is 388. The van der Waals surface area contributed by atoms with Gasteiger partial charge in [-0.2, -0.15) is 0 Å². The van der Waals surface area contributed by atoms with Crippen LogP contribution in [0.25, 0.3) is 0 Å². The van der Waals surface area contributed by atoms with Gasteiger partial charge in [0, 0.05) is 32.3 Å². The number of methoxy groups -OCH3 is 2. The molecule has 0 unspecified atom stereocenters. The molecule has 0 atom stereocenters. The Labute approximate surface area is 106 Å². The lowest BCUT2D eigenvalue weighted by Gasteiger charge is -2.24. The molecule has 5 nitrogen and oxygen atoms in total. The van der Waals surface area contributed by atoms with Crippen molar-refractivity contribution in [3.05, 3.63) is 17.9 Å². The maximum atomic E-state index is 13.9. The van der Waals surface area contributed by atoms with E-state index in [-0.39, 0.29) is 12.3 Å². The van der Waals surface area contributed by atoms with Gasteiger partial charge in [-0.1, -0.05) is 0 Å². The van der Waals surface area contributed by atoms with Crippen LogP contribution in [-0.4, -0.2) is 45.6 Å². The van der Waals surface area contributed by atoms with E-state index in [4.69, 9.17) is 20.3 Å². The number of rotatable bonds is 7. The summed E-state index contributed by atoms with van der Waals surface area (Å²) >= 11 is 0. The minimum Gasteiger partial charge on any atom is -0.495 e. The summed E-state index contributed by atoms with van der Waals surface area (Å²) in [6, 6.07) is 2.74. The molecule has 1 rings (SSSR count). The van der Waals surface area contributed by atoms with Crippen LogP contribution in [0.4, 0.5) is 15.8 Å². The van der Waals surface area contributed by atoms with Gasteiger partial charge in [0.15, 0.2) is 0 Å². The molecule has 0 saturated heterocycles. The number of hydrogen-bond donors (Lipinski definition) is 2. The molecule has 0 radical (unpaired) electrons. The summed E-state index contributed by atoms with van der Waals surface area (Å²) in [4.78, 5) is 1.68. The fourth-order valence-corrected chi connectivity index (χ4v) is 1.65. The fraction of sp³-hybridized carbons (Fsp3) is 0.500. The molecule has 0 aliphatic carbocycles. The lowest BCUT2D eigenvalue weighted by Crippen LogP contribution is -2.31. The first-order valence-corrected chi connectivity index (χ1v) is 5.61. The van der Waals surface area contributed by atoms with Gasteiger partial charge in [-0.15, -0.1) is 0 Å². The SMILES string of the molecule is COCCN(CCO)c1cc(OC)c(N)cc1F. The van der Waals surface area contributed by atoms with Crippen LogP contribution in [0.2, 0.25) is 0 Å². The number of halogens is 1. The van der Waals surface area contributed by atoms with E-state index in [1.165, 1.54) is 19.2 Å². The lowest BCUT2D eigenvalue weighted by atomic mass is 10.2. The van der Waals surface area contributed by atoms with Gasteiger partial charge in [-0.25, -0.2) is 4.39 Å². The molecule has 18 heavy (non-hydrogen) atoms. The Morgan fingerprint density at radius 3 is 2.61 bits per heavy atom. The average molecular weight is 258 g/mol. The van der Waals surface area contributed by atoms with E-state index in [0.717, 1.165) is 0 Å². The second-order valence-corrected chi connectivity index (χ2v) is 3.75. The fourth-order valence-electron chi connectivity index (χ4n) is 1.65. The number of nitrogens with two attached hydrogens (primary N) is 1. The van der Waals surface area contributed by atoms with Gasteiger partial charge in [0.2, 0.25) is 0 Å². The summed E-state index contributed by atoms with van der Waals surface area (Å²) in [5, 5.41) is 9.01. The Kier molecular flexibility index (Phi) is 5.67. The van der Waals surface area contributed by atoms with E-state index < -0.39 is 5.82 Å². The topological polar surface area (TPSA) is 68.0 Å². The Hall–Kier alpha value is -1.53. The molecule has 0 aromatic heterocycles. The highest BCUT2D eigenvalue weighted by Crippen LogP contribution is 2.30. The largest absolute Gasteiger partial charge is 0.495 e.